The molecule has 0 radical (unpaired) electrons. The summed E-state index contributed by atoms with van der Waals surface area (Å²) in [6.07, 6.45) is 3.67. The summed E-state index contributed by atoms with van der Waals surface area (Å²) < 4.78 is 31.6. The van der Waals surface area contributed by atoms with Gasteiger partial charge in [0.25, 0.3) is 15.1 Å². The van der Waals surface area contributed by atoms with E-state index in [1.54, 1.807) is 23.1 Å². The minimum absolute atomic E-state index is 0.0340. The van der Waals surface area contributed by atoms with Gasteiger partial charge in [0.1, 0.15) is 5.84 Å². The van der Waals surface area contributed by atoms with Crippen molar-refractivity contribution in [3.05, 3.63) is 42.4 Å². The second-order valence-electron chi connectivity index (χ2n) is 8.54. The van der Waals surface area contributed by atoms with Crippen molar-refractivity contribution in [1.29, 1.82) is 5.41 Å². The average molecular weight is 461 g/mol. The van der Waals surface area contributed by atoms with Crippen LogP contribution in [0.3, 0.4) is 0 Å². The Morgan fingerprint density at radius 1 is 1.28 bits per heavy atom. The van der Waals surface area contributed by atoms with E-state index in [0.717, 1.165) is 12.1 Å². The number of aromatic nitrogens is 1. The van der Waals surface area contributed by atoms with Crippen molar-refractivity contribution in [2.75, 3.05) is 37.6 Å². The Labute approximate surface area is 187 Å². The van der Waals surface area contributed by atoms with Gasteiger partial charge < -0.3 is 15.1 Å². The van der Waals surface area contributed by atoms with Gasteiger partial charge in [0.05, 0.1) is 6.20 Å². The Kier molecular flexibility index (Phi) is 6.20. The first kappa shape index (κ1) is 22.3. The molecule has 2 aromatic rings. The molecule has 1 unspecified atom stereocenters. The number of nitrogens with two attached hydrogens (primary N) is 1. The van der Waals surface area contributed by atoms with Gasteiger partial charge in [0.15, 0.2) is 6.39 Å². The van der Waals surface area contributed by atoms with Crippen LogP contribution in [0, 0.1) is 17.2 Å². The normalized spacial score (nSPS) is 21.2. The summed E-state index contributed by atoms with van der Waals surface area (Å²) in [4.78, 5) is 20.5. The van der Waals surface area contributed by atoms with Gasteiger partial charge in [-0.1, -0.05) is 19.1 Å². The van der Waals surface area contributed by atoms with Crippen LogP contribution >= 0.6 is 0 Å². The topological polar surface area (TPSA) is 137 Å². The SMILES string of the molecule is CC1CN(CC2CCN(S(=O)(=O)c3cnco3)CC2)C(=O)N(c2cccc(C(=N)N)c2)C1. The Bertz CT molecular complexity index is 1080. The number of amidine groups is 1. The van der Waals surface area contributed by atoms with Gasteiger partial charge in [0.2, 0.25) is 0 Å². The molecule has 4 rings (SSSR count). The van der Waals surface area contributed by atoms with Crippen LogP contribution in [0.25, 0.3) is 0 Å². The summed E-state index contributed by atoms with van der Waals surface area (Å²) in [6, 6.07) is 7.10. The molecule has 0 spiro atoms. The van der Waals surface area contributed by atoms with Crippen LogP contribution in [0.2, 0.25) is 0 Å². The highest BCUT2D eigenvalue weighted by atomic mass is 32.2. The fourth-order valence-corrected chi connectivity index (χ4v) is 5.69. The number of rotatable bonds is 6. The van der Waals surface area contributed by atoms with Crippen LogP contribution in [-0.2, 0) is 10.0 Å². The minimum atomic E-state index is -3.66. The monoisotopic (exact) mass is 460 g/mol. The van der Waals surface area contributed by atoms with E-state index in [1.165, 1.54) is 10.5 Å². The molecular weight excluding hydrogens is 432 g/mol. The number of sulfonamides is 1. The van der Waals surface area contributed by atoms with Crippen LogP contribution in [0.1, 0.15) is 25.3 Å². The number of anilines is 1. The molecule has 172 valence electrons. The maximum absolute atomic E-state index is 13.2. The number of carbonyl (C=O) groups is 1. The maximum atomic E-state index is 13.2. The van der Waals surface area contributed by atoms with Crippen LogP contribution < -0.4 is 10.6 Å². The first-order valence-corrected chi connectivity index (χ1v) is 12.1. The smallest absolute Gasteiger partial charge is 0.324 e. The Morgan fingerprint density at radius 2 is 2.03 bits per heavy atom. The highest BCUT2D eigenvalue weighted by molar-refractivity contribution is 7.89. The number of nitrogen functional groups attached to an aromatic ring is 1. The van der Waals surface area contributed by atoms with E-state index in [-0.39, 0.29) is 28.8 Å². The van der Waals surface area contributed by atoms with E-state index in [4.69, 9.17) is 15.6 Å². The van der Waals surface area contributed by atoms with E-state index in [9.17, 15) is 13.2 Å². The largest absolute Gasteiger partial charge is 0.431 e. The van der Waals surface area contributed by atoms with Gasteiger partial charge in [0, 0.05) is 44.0 Å². The van der Waals surface area contributed by atoms with Crippen molar-refractivity contribution in [2.45, 2.75) is 24.9 Å². The van der Waals surface area contributed by atoms with Gasteiger partial charge in [-0.05, 0) is 36.8 Å². The second kappa shape index (κ2) is 8.91. The number of carbonyl (C=O) groups excluding carboxylic acids is 1. The third kappa shape index (κ3) is 4.49. The molecule has 1 aromatic carbocycles. The number of benzene rings is 1. The molecule has 10 nitrogen and oxygen atoms in total. The van der Waals surface area contributed by atoms with Gasteiger partial charge in [-0.25, -0.2) is 18.2 Å². The standard InChI is InChI=1S/C21H28N6O4S/c1-15-11-25(21(28)27(12-15)18-4-2-3-17(9-18)20(22)23)13-16-5-7-26(8-6-16)32(29,30)19-10-24-14-31-19/h2-4,9-10,14-16H,5-8,11-13H2,1H3,(H3,22,23). The second-order valence-corrected chi connectivity index (χ2v) is 10.4. The Hall–Kier alpha value is -2.92. The molecule has 1 aromatic heterocycles. The molecule has 2 amide bonds. The van der Waals surface area contributed by atoms with Crippen LogP contribution in [0.5, 0.6) is 0 Å². The number of amides is 2. The zero-order chi connectivity index (χ0) is 22.9. The number of urea groups is 1. The number of hydrogen-bond donors (Lipinski definition) is 2. The fourth-order valence-electron chi connectivity index (χ4n) is 4.38. The van der Waals surface area contributed by atoms with Crippen molar-refractivity contribution >= 4 is 27.6 Å². The zero-order valence-electron chi connectivity index (χ0n) is 18.0. The number of piperidine rings is 1. The lowest BCUT2D eigenvalue weighted by Gasteiger charge is -2.41. The van der Waals surface area contributed by atoms with Crippen LogP contribution in [0.15, 0.2) is 46.4 Å². The fraction of sp³-hybridized carbons (Fsp3) is 0.476. The van der Waals surface area contributed by atoms with E-state index in [0.29, 0.717) is 51.1 Å². The summed E-state index contributed by atoms with van der Waals surface area (Å²) in [5.74, 6) is 0.463. The summed E-state index contributed by atoms with van der Waals surface area (Å²) >= 11 is 0. The van der Waals surface area contributed by atoms with Crippen LogP contribution in [0.4, 0.5) is 10.5 Å². The van der Waals surface area contributed by atoms with Crippen molar-refractivity contribution in [1.82, 2.24) is 14.2 Å². The van der Waals surface area contributed by atoms with Gasteiger partial charge in [-0.15, -0.1) is 0 Å². The molecule has 3 heterocycles. The van der Waals surface area contributed by atoms with E-state index >= 15 is 0 Å². The maximum Gasteiger partial charge on any atom is 0.324 e. The summed E-state index contributed by atoms with van der Waals surface area (Å²) in [6.45, 7) is 4.73. The number of nitrogens with zero attached hydrogens (tertiary/aromatic N) is 4. The molecule has 2 aliphatic heterocycles. The van der Waals surface area contributed by atoms with Crippen molar-refractivity contribution < 1.29 is 17.6 Å². The first-order chi connectivity index (χ1) is 15.3. The predicted octanol–water partition coefficient (Wildman–Crippen LogP) is 1.94. The molecule has 1 atom stereocenters. The Morgan fingerprint density at radius 3 is 2.69 bits per heavy atom. The van der Waals surface area contributed by atoms with Crippen molar-refractivity contribution in [3.63, 3.8) is 0 Å². The molecule has 2 aliphatic rings. The third-order valence-corrected chi connectivity index (χ3v) is 7.81. The molecule has 32 heavy (non-hydrogen) atoms. The predicted molar refractivity (Wildman–Crippen MR) is 119 cm³/mol. The lowest BCUT2D eigenvalue weighted by molar-refractivity contribution is 0.154. The lowest BCUT2D eigenvalue weighted by atomic mass is 9.96. The van der Waals surface area contributed by atoms with E-state index in [1.807, 2.05) is 11.0 Å². The third-order valence-electron chi connectivity index (χ3n) is 6.05. The minimum Gasteiger partial charge on any atom is -0.431 e. The zero-order valence-corrected chi connectivity index (χ0v) is 18.8. The van der Waals surface area contributed by atoms with Gasteiger partial charge >= 0.3 is 6.03 Å². The summed E-state index contributed by atoms with van der Waals surface area (Å²) in [7, 11) is -3.66. The summed E-state index contributed by atoms with van der Waals surface area (Å²) in [5, 5.41) is 7.52. The number of nitrogens with one attached hydrogen (secondary N) is 1. The average Bonchev–Trinajstić information content (AvgIpc) is 3.32. The first-order valence-electron chi connectivity index (χ1n) is 10.6. The van der Waals surface area contributed by atoms with E-state index in [2.05, 4.69) is 11.9 Å². The van der Waals surface area contributed by atoms with Crippen molar-refractivity contribution in [2.24, 2.45) is 17.6 Å². The quantitative estimate of drug-likeness (QED) is 0.499. The molecule has 11 heteroatoms. The Balaban J connectivity index is 1.41. The van der Waals surface area contributed by atoms with Crippen LogP contribution in [-0.4, -0.2) is 67.2 Å². The molecule has 0 bridgehead atoms. The molecule has 0 aliphatic carbocycles. The lowest BCUT2D eigenvalue weighted by Crippen LogP contribution is -2.55. The van der Waals surface area contributed by atoms with E-state index < -0.39 is 10.0 Å². The molecule has 3 N–H and O–H groups in total. The van der Waals surface area contributed by atoms with Gasteiger partial charge in [-0.3, -0.25) is 10.3 Å². The molecule has 2 fully saturated rings. The molecular formula is C21H28N6O4S. The number of oxazole rings is 1. The van der Waals surface area contributed by atoms with Gasteiger partial charge in [-0.2, -0.15) is 4.31 Å². The highest BCUT2D eigenvalue weighted by Gasteiger charge is 2.35. The number of hydrogen-bond acceptors (Lipinski definition) is 6. The van der Waals surface area contributed by atoms with Crippen molar-refractivity contribution in [3.8, 4) is 0 Å². The summed E-state index contributed by atoms with van der Waals surface area (Å²) in [5.41, 5.74) is 6.92. The molecule has 2 saturated heterocycles. The molecule has 0 saturated carbocycles. The highest BCUT2D eigenvalue weighted by Crippen LogP contribution is 2.28.